The second-order valence-corrected chi connectivity index (χ2v) is 6.49. The first-order valence-electron chi connectivity index (χ1n) is 6.72. The topological polar surface area (TPSA) is 21.3 Å². The fraction of sp³-hybridized carbons (Fsp3) is 0.600. The fourth-order valence-corrected chi connectivity index (χ4v) is 2.94. The number of methoxy groups -OCH3 is 1. The Kier molecular flexibility index (Phi) is 9.61. The van der Waals surface area contributed by atoms with Gasteiger partial charge in [0.25, 0.3) is 0 Å². The highest BCUT2D eigenvalue weighted by atomic mass is 79.9. The molecule has 0 amide bonds. The molecule has 1 N–H and O–H groups in total. The van der Waals surface area contributed by atoms with E-state index in [4.69, 9.17) is 4.74 Å². The molecule has 0 bridgehead atoms. The number of ether oxygens (including phenoxy) is 1. The van der Waals surface area contributed by atoms with Gasteiger partial charge in [0.15, 0.2) is 0 Å². The molecule has 0 spiro atoms. The van der Waals surface area contributed by atoms with E-state index in [1.807, 2.05) is 11.8 Å². The van der Waals surface area contributed by atoms with Gasteiger partial charge in [-0.05, 0) is 48.5 Å². The van der Waals surface area contributed by atoms with E-state index in [0.29, 0.717) is 5.92 Å². The number of hydrogen-bond donors (Lipinski definition) is 1. The van der Waals surface area contributed by atoms with Crippen LogP contribution < -0.4 is 5.32 Å². The van der Waals surface area contributed by atoms with E-state index in [1.54, 1.807) is 7.11 Å². The number of thioether (sulfide) groups is 1. The van der Waals surface area contributed by atoms with Crippen molar-refractivity contribution < 1.29 is 4.74 Å². The summed E-state index contributed by atoms with van der Waals surface area (Å²) in [6, 6.07) is 8.67. The minimum atomic E-state index is 0.585. The molecular formula is C15H24BrNOS. The minimum Gasteiger partial charge on any atom is -0.383 e. The van der Waals surface area contributed by atoms with Crippen LogP contribution in [0, 0.1) is 0 Å². The number of nitrogens with one attached hydrogen (secondary N) is 1. The minimum absolute atomic E-state index is 0.585. The lowest BCUT2D eigenvalue weighted by Crippen LogP contribution is -2.25. The molecule has 1 rings (SSSR count). The van der Waals surface area contributed by atoms with Gasteiger partial charge in [0.1, 0.15) is 0 Å². The Balaban J connectivity index is 2.52. The average molecular weight is 346 g/mol. The Morgan fingerprint density at radius 3 is 2.95 bits per heavy atom. The maximum absolute atomic E-state index is 5.07. The third kappa shape index (κ3) is 7.35. The SMILES string of the molecule is COCCNCC(CCCSC)c1cccc(Br)c1. The van der Waals surface area contributed by atoms with E-state index in [1.165, 1.54) is 24.2 Å². The number of halogens is 1. The summed E-state index contributed by atoms with van der Waals surface area (Å²) in [5, 5.41) is 3.48. The molecule has 1 atom stereocenters. The van der Waals surface area contributed by atoms with Crippen molar-refractivity contribution in [1.82, 2.24) is 5.32 Å². The van der Waals surface area contributed by atoms with Crippen LogP contribution in [0.4, 0.5) is 0 Å². The molecule has 2 nitrogen and oxygen atoms in total. The van der Waals surface area contributed by atoms with Gasteiger partial charge < -0.3 is 10.1 Å². The zero-order chi connectivity index (χ0) is 13.9. The molecule has 0 radical (unpaired) electrons. The molecule has 0 fully saturated rings. The molecule has 1 aromatic carbocycles. The van der Waals surface area contributed by atoms with Crippen LogP contribution in [-0.4, -0.2) is 38.8 Å². The molecule has 108 valence electrons. The average Bonchev–Trinajstić information content (AvgIpc) is 2.41. The number of hydrogen-bond acceptors (Lipinski definition) is 3. The van der Waals surface area contributed by atoms with Crippen LogP contribution in [-0.2, 0) is 4.74 Å². The summed E-state index contributed by atoms with van der Waals surface area (Å²) in [7, 11) is 1.74. The third-order valence-corrected chi connectivity index (χ3v) is 4.29. The second-order valence-electron chi connectivity index (χ2n) is 4.58. The third-order valence-electron chi connectivity index (χ3n) is 3.09. The maximum Gasteiger partial charge on any atom is 0.0587 e. The molecule has 0 aromatic heterocycles. The van der Waals surface area contributed by atoms with Crippen molar-refractivity contribution in [3.05, 3.63) is 34.3 Å². The molecule has 0 heterocycles. The lowest BCUT2D eigenvalue weighted by atomic mass is 9.94. The fourth-order valence-electron chi connectivity index (χ4n) is 2.07. The van der Waals surface area contributed by atoms with E-state index >= 15 is 0 Å². The van der Waals surface area contributed by atoms with Crippen LogP contribution in [0.1, 0.15) is 24.3 Å². The summed E-state index contributed by atoms with van der Waals surface area (Å²) >= 11 is 5.49. The van der Waals surface area contributed by atoms with Crippen LogP contribution in [0.5, 0.6) is 0 Å². The van der Waals surface area contributed by atoms with Gasteiger partial charge in [-0.1, -0.05) is 28.1 Å². The molecule has 0 aliphatic rings. The summed E-state index contributed by atoms with van der Waals surface area (Å²) < 4.78 is 6.24. The van der Waals surface area contributed by atoms with E-state index in [-0.39, 0.29) is 0 Å². The van der Waals surface area contributed by atoms with Crippen LogP contribution in [0.25, 0.3) is 0 Å². The highest BCUT2D eigenvalue weighted by molar-refractivity contribution is 9.10. The summed E-state index contributed by atoms with van der Waals surface area (Å²) in [5.41, 5.74) is 1.42. The van der Waals surface area contributed by atoms with Gasteiger partial charge in [0, 0.05) is 24.7 Å². The van der Waals surface area contributed by atoms with Gasteiger partial charge in [0.05, 0.1) is 6.61 Å². The normalized spacial score (nSPS) is 12.6. The highest BCUT2D eigenvalue weighted by Gasteiger charge is 2.11. The lowest BCUT2D eigenvalue weighted by molar-refractivity contribution is 0.198. The Morgan fingerprint density at radius 2 is 2.26 bits per heavy atom. The van der Waals surface area contributed by atoms with Crippen molar-refractivity contribution in [1.29, 1.82) is 0 Å². The van der Waals surface area contributed by atoms with Crippen molar-refractivity contribution in [3.8, 4) is 0 Å². The zero-order valence-corrected chi connectivity index (χ0v) is 14.2. The van der Waals surface area contributed by atoms with Crippen molar-refractivity contribution >= 4 is 27.7 Å². The van der Waals surface area contributed by atoms with Gasteiger partial charge in [-0.25, -0.2) is 0 Å². The summed E-state index contributed by atoms with van der Waals surface area (Å²) in [4.78, 5) is 0. The Labute approximate surface area is 129 Å². The predicted octanol–water partition coefficient (Wildman–Crippen LogP) is 3.91. The first-order valence-corrected chi connectivity index (χ1v) is 8.90. The van der Waals surface area contributed by atoms with E-state index < -0.39 is 0 Å². The van der Waals surface area contributed by atoms with Crippen molar-refractivity contribution in [2.24, 2.45) is 0 Å². The largest absolute Gasteiger partial charge is 0.383 e. The summed E-state index contributed by atoms with van der Waals surface area (Å²) in [6.07, 6.45) is 4.67. The Bertz CT molecular complexity index is 349. The van der Waals surface area contributed by atoms with Gasteiger partial charge >= 0.3 is 0 Å². The number of rotatable bonds is 10. The van der Waals surface area contributed by atoms with E-state index in [0.717, 1.165) is 24.2 Å². The Morgan fingerprint density at radius 1 is 1.42 bits per heavy atom. The molecule has 0 aliphatic heterocycles. The molecule has 19 heavy (non-hydrogen) atoms. The lowest BCUT2D eigenvalue weighted by Gasteiger charge is -2.18. The predicted molar refractivity (Wildman–Crippen MR) is 89.2 cm³/mol. The second kappa shape index (κ2) is 10.7. The zero-order valence-electron chi connectivity index (χ0n) is 11.8. The molecule has 0 aliphatic carbocycles. The first-order chi connectivity index (χ1) is 9.27. The summed E-state index contributed by atoms with van der Waals surface area (Å²) in [6.45, 7) is 2.72. The molecule has 1 aromatic rings. The number of benzene rings is 1. The molecule has 1 unspecified atom stereocenters. The maximum atomic E-state index is 5.07. The molecule has 4 heteroatoms. The highest BCUT2D eigenvalue weighted by Crippen LogP contribution is 2.24. The van der Waals surface area contributed by atoms with Crippen molar-refractivity contribution in [2.75, 3.05) is 38.8 Å². The van der Waals surface area contributed by atoms with Crippen LogP contribution in [0.3, 0.4) is 0 Å². The molecular weight excluding hydrogens is 322 g/mol. The van der Waals surface area contributed by atoms with Gasteiger partial charge in [-0.2, -0.15) is 11.8 Å². The Hall–Kier alpha value is -0.0300. The smallest absolute Gasteiger partial charge is 0.0587 e. The van der Waals surface area contributed by atoms with Crippen LogP contribution in [0.2, 0.25) is 0 Å². The first kappa shape index (κ1) is 17.0. The molecule has 0 saturated carbocycles. The van der Waals surface area contributed by atoms with E-state index in [2.05, 4.69) is 51.8 Å². The molecule has 0 saturated heterocycles. The van der Waals surface area contributed by atoms with Crippen molar-refractivity contribution in [3.63, 3.8) is 0 Å². The van der Waals surface area contributed by atoms with E-state index in [9.17, 15) is 0 Å². The van der Waals surface area contributed by atoms with Gasteiger partial charge in [-0.15, -0.1) is 0 Å². The summed E-state index contributed by atoms with van der Waals surface area (Å²) in [5.74, 6) is 1.82. The monoisotopic (exact) mass is 345 g/mol. The van der Waals surface area contributed by atoms with Crippen molar-refractivity contribution in [2.45, 2.75) is 18.8 Å². The quantitative estimate of drug-likeness (QED) is 0.649. The van der Waals surface area contributed by atoms with Gasteiger partial charge in [-0.3, -0.25) is 0 Å². The standard InChI is InChI=1S/C15H24BrNOS/c1-18-9-8-17-12-14(6-4-10-19-2)13-5-3-7-15(16)11-13/h3,5,7,11,14,17H,4,6,8-10,12H2,1-2H3. The van der Waals surface area contributed by atoms with Gasteiger partial charge in [0.2, 0.25) is 0 Å². The van der Waals surface area contributed by atoms with Crippen LogP contribution in [0.15, 0.2) is 28.7 Å². The van der Waals surface area contributed by atoms with Crippen LogP contribution >= 0.6 is 27.7 Å².